The molecule has 0 unspecified atom stereocenters. The van der Waals surface area contributed by atoms with E-state index < -0.39 is 21.8 Å². The zero-order chi connectivity index (χ0) is 17.7. The normalized spacial score (nSPS) is 16.7. The third-order valence-electron chi connectivity index (χ3n) is 3.01. The smallest absolute Gasteiger partial charge is 0.266 e. The lowest BCUT2D eigenvalue weighted by molar-refractivity contribution is -0.121. The van der Waals surface area contributed by atoms with E-state index in [-0.39, 0.29) is 10.9 Å². The topological polar surface area (TPSA) is 83.9 Å². The van der Waals surface area contributed by atoms with Crippen molar-refractivity contribution >= 4 is 50.4 Å². The van der Waals surface area contributed by atoms with E-state index in [9.17, 15) is 13.2 Å². The largest absolute Gasteiger partial charge is 0.489 e. The number of thiocarbonyl (C=S) groups is 1. The van der Waals surface area contributed by atoms with Crippen LogP contribution in [-0.4, -0.2) is 47.0 Å². The van der Waals surface area contributed by atoms with Crippen molar-refractivity contribution in [2.45, 2.75) is 0 Å². The van der Waals surface area contributed by atoms with Gasteiger partial charge < -0.3 is 4.74 Å². The second-order valence-electron chi connectivity index (χ2n) is 4.76. The van der Waals surface area contributed by atoms with Crippen LogP contribution in [0.25, 0.3) is 6.08 Å². The van der Waals surface area contributed by atoms with Gasteiger partial charge in [-0.25, -0.2) is 0 Å². The molecule has 2 rings (SSSR count). The summed E-state index contributed by atoms with van der Waals surface area (Å²) in [6.45, 7) is 3.74. The second kappa shape index (κ2) is 7.93. The first-order valence-electron chi connectivity index (χ1n) is 6.85. The molecule has 1 N–H and O–H groups in total. The number of carbonyl (C=O) groups excluding carboxylic acids is 1. The van der Waals surface area contributed by atoms with Crippen LogP contribution >= 0.6 is 24.0 Å². The predicted octanol–water partition coefficient (Wildman–Crippen LogP) is 2.34. The number of hydrogen-bond donors (Lipinski definition) is 1. The monoisotopic (exact) mass is 385 g/mol. The van der Waals surface area contributed by atoms with E-state index in [0.717, 1.165) is 16.7 Å². The minimum absolute atomic E-state index is 0.185. The van der Waals surface area contributed by atoms with Crippen molar-refractivity contribution in [3.63, 3.8) is 0 Å². The molecule has 0 atom stereocenters. The van der Waals surface area contributed by atoms with Gasteiger partial charge in [0.25, 0.3) is 16.0 Å². The molecule has 1 aromatic rings. The van der Waals surface area contributed by atoms with Crippen LogP contribution in [0.5, 0.6) is 5.75 Å². The fraction of sp³-hybridized carbons (Fsp3) is 0.200. The van der Waals surface area contributed by atoms with E-state index in [0.29, 0.717) is 22.8 Å². The Bertz CT molecular complexity index is 801. The Balaban J connectivity index is 2.21. The molecule has 9 heteroatoms. The molecule has 24 heavy (non-hydrogen) atoms. The molecule has 0 saturated carbocycles. The summed E-state index contributed by atoms with van der Waals surface area (Å²) in [5.41, 5.74) is 0.703. The van der Waals surface area contributed by atoms with Gasteiger partial charge in [0, 0.05) is 12.1 Å². The molecule has 1 fully saturated rings. The number of carbonyl (C=O) groups is 1. The van der Waals surface area contributed by atoms with Gasteiger partial charge in [-0.05, 0) is 12.1 Å². The molecule has 1 amide bonds. The van der Waals surface area contributed by atoms with Crippen LogP contribution in [0.1, 0.15) is 5.56 Å². The first kappa shape index (κ1) is 18.7. The minimum Gasteiger partial charge on any atom is -0.489 e. The van der Waals surface area contributed by atoms with E-state index in [1.165, 1.54) is 0 Å². The van der Waals surface area contributed by atoms with Gasteiger partial charge in [0.15, 0.2) is 0 Å². The van der Waals surface area contributed by atoms with E-state index in [2.05, 4.69) is 6.58 Å². The van der Waals surface area contributed by atoms with E-state index >= 15 is 0 Å². The summed E-state index contributed by atoms with van der Waals surface area (Å²) in [7, 11) is -4.16. The second-order valence-corrected chi connectivity index (χ2v) is 8.00. The highest BCUT2D eigenvalue weighted by Crippen LogP contribution is 2.34. The van der Waals surface area contributed by atoms with Gasteiger partial charge in [-0.15, -0.1) is 0 Å². The lowest BCUT2D eigenvalue weighted by atomic mass is 10.2. The van der Waals surface area contributed by atoms with Crippen molar-refractivity contribution in [1.82, 2.24) is 4.90 Å². The number of ether oxygens (including phenoxy) is 1. The van der Waals surface area contributed by atoms with E-state index in [1.807, 2.05) is 12.1 Å². The third kappa shape index (κ3) is 4.91. The Hall–Kier alpha value is -1.68. The molecule has 1 saturated heterocycles. The maximum atomic E-state index is 12.4. The summed E-state index contributed by atoms with van der Waals surface area (Å²) in [6, 6.07) is 7.19. The summed E-state index contributed by atoms with van der Waals surface area (Å²) >= 11 is 6.18. The lowest BCUT2D eigenvalue weighted by Crippen LogP contribution is -2.32. The van der Waals surface area contributed by atoms with Crippen molar-refractivity contribution < 1.29 is 22.5 Å². The van der Waals surface area contributed by atoms with Gasteiger partial charge in [0.2, 0.25) is 0 Å². The quantitative estimate of drug-likeness (QED) is 0.334. The average molecular weight is 385 g/mol. The fourth-order valence-electron chi connectivity index (χ4n) is 1.92. The van der Waals surface area contributed by atoms with Crippen molar-refractivity contribution in [2.75, 3.05) is 18.9 Å². The van der Waals surface area contributed by atoms with Crippen molar-refractivity contribution in [2.24, 2.45) is 0 Å². The standard InChI is InChI=1S/C15H15NO5S3/c1-2-8-21-12-6-4-3-5-11(12)10-13-14(17)16(15(22)23-13)7-9-24(18,19)20/h2-6,10H,1,7-9H2,(H,18,19,20). The number of amides is 1. The molecule has 0 radical (unpaired) electrons. The van der Waals surface area contributed by atoms with E-state index in [4.69, 9.17) is 21.5 Å². The Morgan fingerprint density at radius 3 is 2.75 bits per heavy atom. The molecule has 0 aliphatic carbocycles. The molecule has 1 aliphatic rings. The average Bonchev–Trinajstić information content (AvgIpc) is 2.78. The van der Waals surface area contributed by atoms with Gasteiger partial charge in [-0.1, -0.05) is 54.8 Å². The Morgan fingerprint density at radius 2 is 2.08 bits per heavy atom. The first-order chi connectivity index (χ1) is 11.3. The van der Waals surface area contributed by atoms with Gasteiger partial charge in [0.05, 0.1) is 10.7 Å². The highest BCUT2D eigenvalue weighted by atomic mass is 32.2. The Kier molecular flexibility index (Phi) is 6.16. The molecule has 1 aromatic carbocycles. The van der Waals surface area contributed by atoms with Crippen LogP contribution in [0.15, 0.2) is 41.8 Å². The first-order valence-corrected chi connectivity index (χ1v) is 9.68. The molecule has 0 spiro atoms. The predicted molar refractivity (Wildman–Crippen MR) is 98.4 cm³/mol. The summed E-state index contributed by atoms with van der Waals surface area (Å²) in [6.07, 6.45) is 3.26. The SMILES string of the molecule is C=CCOc1ccccc1C=C1SC(=S)N(CCS(=O)(=O)O)C1=O. The van der Waals surface area contributed by atoms with Crippen molar-refractivity contribution in [1.29, 1.82) is 0 Å². The highest BCUT2D eigenvalue weighted by Gasteiger charge is 2.32. The summed E-state index contributed by atoms with van der Waals surface area (Å²) in [5, 5.41) is 0. The minimum atomic E-state index is -4.16. The highest BCUT2D eigenvalue weighted by molar-refractivity contribution is 8.26. The van der Waals surface area contributed by atoms with Crippen molar-refractivity contribution in [3.05, 3.63) is 47.4 Å². The summed E-state index contributed by atoms with van der Waals surface area (Å²) in [5.74, 6) is -0.362. The molecule has 1 heterocycles. The number of benzene rings is 1. The van der Waals surface area contributed by atoms with Crippen molar-refractivity contribution in [3.8, 4) is 5.75 Å². The van der Waals surface area contributed by atoms with E-state index in [1.54, 1.807) is 24.3 Å². The third-order valence-corrected chi connectivity index (χ3v) is 5.08. The van der Waals surface area contributed by atoms with Gasteiger partial charge in [0.1, 0.15) is 16.7 Å². The van der Waals surface area contributed by atoms with Gasteiger partial charge in [-0.3, -0.25) is 14.2 Å². The van der Waals surface area contributed by atoms with Crippen LogP contribution in [0, 0.1) is 0 Å². The number of thioether (sulfide) groups is 1. The van der Waals surface area contributed by atoms with Crippen LogP contribution in [-0.2, 0) is 14.9 Å². The van der Waals surface area contributed by atoms with Crippen LogP contribution < -0.4 is 4.74 Å². The van der Waals surface area contributed by atoms with Crippen LogP contribution in [0.2, 0.25) is 0 Å². The maximum Gasteiger partial charge on any atom is 0.266 e. The fourth-order valence-corrected chi connectivity index (χ4v) is 3.63. The van der Waals surface area contributed by atoms with Crippen LogP contribution in [0.4, 0.5) is 0 Å². The van der Waals surface area contributed by atoms with Gasteiger partial charge in [-0.2, -0.15) is 8.42 Å². The molecule has 1 aliphatic heterocycles. The maximum absolute atomic E-state index is 12.4. The Labute approximate surface area is 149 Å². The zero-order valence-electron chi connectivity index (χ0n) is 12.5. The number of hydrogen-bond acceptors (Lipinski definition) is 6. The molecule has 6 nitrogen and oxygen atoms in total. The molecular formula is C15H15NO5S3. The molecular weight excluding hydrogens is 370 g/mol. The molecule has 0 bridgehead atoms. The number of rotatable bonds is 7. The summed E-state index contributed by atoms with van der Waals surface area (Å²) in [4.78, 5) is 13.9. The number of nitrogens with zero attached hydrogens (tertiary/aromatic N) is 1. The van der Waals surface area contributed by atoms with Gasteiger partial charge >= 0.3 is 0 Å². The summed E-state index contributed by atoms with van der Waals surface area (Å²) < 4.78 is 36.3. The lowest BCUT2D eigenvalue weighted by Gasteiger charge is -2.12. The molecule has 128 valence electrons. The Morgan fingerprint density at radius 1 is 1.38 bits per heavy atom. The van der Waals surface area contributed by atoms with Crippen LogP contribution in [0.3, 0.4) is 0 Å². The number of para-hydroxylation sites is 1. The zero-order valence-corrected chi connectivity index (χ0v) is 15.0. The molecule has 0 aromatic heterocycles.